The van der Waals surface area contributed by atoms with Gasteiger partial charge in [0.2, 0.25) is 0 Å². The Hall–Kier alpha value is -3.13. The quantitative estimate of drug-likeness (QED) is 0.935. The number of hydrogen-bond donors (Lipinski definition) is 1. The van der Waals surface area contributed by atoms with Crippen molar-refractivity contribution < 1.29 is 14.7 Å². The van der Waals surface area contributed by atoms with Crippen molar-refractivity contribution in [1.29, 1.82) is 5.26 Å². The van der Waals surface area contributed by atoms with E-state index in [1.165, 1.54) is 6.07 Å². The first-order chi connectivity index (χ1) is 11.2. The number of carbonyl (C=O) groups is 2. The van der Waals surface area contributed by atoms with E-state index in [9.17, 15) is 20.0 Å². The SMILES string of the molecule is Cc1ccc(NC(=O)c2cccc(C(C)(C)C#N)c2)cc1C(=O)[O-]. The molecule has 0 aliphatic heterocycles. The number of carboxylic acids is 1. The number of carbonyl (C=O) groups excluding carboxylic acids is 2. The van der Waals surface area contributed by atoms with Gasteiger partial charge in [0.15, 0.2) is 0 Å². The summed E-state index contributed by atoms with van der Waals surface area (Å²) < 4.78 is 0. The Labute approximate surface area is 140 Å². The molecule has 122 valence electrons. The molecule has 2 rings (SSSR count). The van der Waals surface area contributed by atoms with Gasteiger partial charge in [-0.25, -0.2) is 0 Å². The molecule has 0 aliphatic carbocycles. The van der Waals surface area contributed by atoms with Crippen molar-refractivity contribution in [1.82, 2.24) is 0 Å². The largest absolute Gasteiger partial charge is 0.545 e. The summed E-state index contributed by atoms with van der Waals surface area (Å²) in [7, 11) is 0. The van der Waals surface area contributed by atoms with E-state index in [4.69, 9.17) is 0 Å². The maximum Gasteiger partial charge on any atom is 0.255 e. The van der Waals surface area contributed by atoms with Gasteiger partial charge >= 0.3 is 0 Å². The predicted octanol–water partition coefficient (Wildman–Crippen LogP) is 2.41. The minimum absolute atomic E-state index is 0.0344. The molecule has 2 aromatic carbocycles. The second-order valence-electron chi connectivity index (χ2n) is 6.09. The van der Waals surface area contributed by atoms with E-state index in [-0.39, 0.29) is 11.5 Å². The minimum Gasteiger partial charge on any atom is -0.545 e. The lowest BCUT2D eigenvalue weighted by Crippen LogP contribution is -2.23. The lowest BCUT2D eigenvalue weighted by atomic mass is 9.85. The summed E-state index contributed by atoms with van der Waals surface area (Å²) in [5.41, 5.74) is 1.39. The molecular formula is C19H17N2O3-. The molecule has 1 amide bonds. The first-order valence-electron chi connectivity index (χ1n) is 7.40. The third kappa shape index (κ3) is 3.61. The van der Waals surface area contributed by atoms with Crippen LogP contribution in [0.5, 0.6) is 0 Å². The average molecular weight is 321 g/mol. The summed E-state index contributed by atoms with van der Waals surface area (Å²) in [6.45, 7) is 5.20. The van der Waals surface area contributed by atoms with Gasteiger partial charge in [0.1, 0.15) is 0 Å². The number of benzene rings is 2. The van der Waals surface area contributed by atoms with Crippen molar-refractivity contribution in [2.45, 2.75) is 26.2 Å². The molecule has 0 saturated heterocycles. The summed E-state index contributed by atoms with van der Waals surface area (Å²) in [5.74, 6) is -1.67. The van der Waals surface area contributed by atoms with Gasteiger partial charge < -0.3 is 15.2 Å². The molecule has 5 heteroatoms. The molecule has 0 fully saturated rings. The van der Waals surface area contributed by atoms with Gasteiger partial charge in [-0.15, -0.1) is 0 Å². The number of nitriles is 1. The second kappa shape index (κ2) is 6.55. The standard InChI is InChI=1S/C19H18N2O3/c1-12-7-8-15(10-16(12)18(23)24)21-17(22)13-5-4-6-14(9-13)19(2,3)11-20/h4-10H,1-3H3,(H,21,22)(H,23,24)/p-1. The molecule has 0 aromatic heterocycles. The van der Waals surface area contributed by atoms with Crippen LogP contribution >= 0.6 is 0 Å². The van der Waals surface area contributed by atoms with Crippen LogP contribution in [0, 0.1) is 18.3 Å². The number of nitrogens with zero attached hydrogens (tertiary/aromatic N) is 1. The van der Waals surface area contributed by atoms with Crippen molar-refractivity contribution in [2.24, 2.45) is 0 Å². The van der Waals surface area contributed by atoms with Crippen LogP contribution in [0.15, 0.2) is 42.5 Å². The fraction of sp³-hybridized carbons (Fsp3) is 0.211. The van der Waals surface area contributed by atoms with Crippen LogP contribution in [0.2, 0.25) is 0 Å². The van der Waals surface area contributed by atoms with Gasteiger partial charge in [-0.05, 0) is 56.2 Å². The molecule has 1 N–H and O–H groups in total. The van der Waals surface area contributed by atoms with Crippen LogP contribution in [0.25, 0.3) is 0 Å². The zero-order valence-electron chi connectivity index (χ0n) is 13.7. The van der Waals surface area contributed by atoms with E-state index in [1.54, 1.807) is 57.2 Å². The Morgan fingerprint density at radius 1 is 1.17 bits per heavy atom. The van der Waals surface area contributed by atoms with E-state index < -0.39 is 11.4 Å². The monoisotopic (exact) mass is 321 g/mol. The van der Waals surface area contributed by atoms with Crippen LogP contribution in [-0.4, -0.2) is 11.9 Å². The van der Waals surface area contributed by atoms with Crippen LogP contribution in [0.4, 0.5) is 5.69 Å². The van der Waals surface area contributed by atoms with Gasteiger partial charge in [0.05, 0.1) is 17.5 Å². The molecule has 5 nitrogen and oxygen atoms in total. The third-order valence-corrected chi connectivity index (χ3v) is 3.84. The van der Waals surface area contributed by atoms with Crippen molar-refractivity contribution >= 4 is 17.6 Å². The Bertz CT molecular complexity index is 848. The summed E-state index contributed by atoms with van der Waals surface area (Å²) in [6.07, 6.45) is 0. The summed E-state index contributed by atoms with van der Waals surface area (Å²) in [5, 5.41) is 22.9. The summed E-state index contributed by atoms with van der Waals surface area (Å²) in [4.78, 5) is 23.5. The number of aromatic carboxylic acids is 1. The lowest BCUT2D eigenvalue weighted by molar-refractivity contribution is -0.255. The molecule has 0 atom stereocenters. The van der Waals surface area contributed by atoms with Crippen molar-refractivity contribution in [3.63, 3.8) is 0 Å². The van der Waals surface area contributed by atoms with Gasteiger partial charge in [0.25, 0.3) is 5.91 Å². The zero-order valence-corrected chi connectivity index (χ0v) is 13.7. The van der Waals surface area contributed by atoms with Crippen molar-refractivity contribution in [2.75, 3.05) is 5.32 Å². The Balaban J connectivity index is 2.28. The average Bonchev–Trinajstić information content (AvgIpc) is 2.56. The van der Waals surface area contributed by atoms with Crippen molar-refractivity contribution in [3.05, 3.63) is 64.7 Å². The number of rotatable bonds is 4. The van der Waals surface area contributed by atoms with E-state index in [0.717, 1.165) is 5.56 Å². The third-order valence-electron chi connectivity index (χ3n) is 3.84. The summed E-state index contributed by atoms with van der Waals surface area (Å²) >= 11 is 0. The lowest BCUT2D eigenvalue weighted by Gasteiger charge is -2.16. The number of hydrogen-bond acceptors (Lipinski definition) is 4. The van der Waals surface area contributed by atoms with E-state index in [0.29, 0.717) is 16.8 Å². The Morgan fingerprint density at radius 2 is 1.88 bits per heavy atom. The topological polar surface area (TPSA) is 93.0 Å². The highest BCUT2D eigenvalue weighted by atomic mass is 16.4. The zero-order chi connectivity index (χ0) is 17.9. The number of carboxylic acid groups (broad SMARTS) is 1. The predicted molar refractivity (Wildman–Crippen MR) is 88.5 cm³/mol. The number of nitrogens with one attached hydrogen (secondary N) is 1. The molecule has 0 spiro atoms. The molecule has 24 heavy (non-hydrogen) atoms. The molecule has 0 aliphatic rings. The van der Waals surface area contributed by atoms with Crippen LogP contribution in [0.3, 0.4) is 0 Å². The number of anilines is 1. The molecule has 2 aromatic rings. The fourth-order valence-corrected chi connectivity index (χ4v) is 2.24. The highest BCUT2D eigenvalue weighted by Crippen LogP contribution is 2.23. The number of aryl methyl sites for hydroxylation is 1. The van der Waals surface area contributed by atoms with Gasteiger partial charge in [-0.1, -0.05) is 18.2 Å². The highest BCUT2D eigenvalue weighted by Gasteiger charge is 2.20. The molecule has 0 heterocycles. The molecular weight excluding hydrogens is 304 g/mol. The van der Waals surface area contributed by atoms with E-state index in [1.807, 2.05) is 0 Å². The smallest absolute Gasteiger partial charge is 0.255 e. The van der Waals surface area contributed by atoms with E-state index in [2.05, 4.69) is 11.4 Å². The molecule has 0 radical (unpaired) electrons. The van der Waals surface area contributed by atoms with Gasteiger partial charge in [-0.3, -0.25) is 4.79 Å². The van der Waals surface area contributed by atoms with Crippen LogP contribution in [-0.2, 0) is 5.41 Å². The first-order valence-corrected chi connectivity index (χ1v) is 7.40. The van der Waals surface area contributed by atoms with E-state index >= 15 is 0 Å². The highest BCUT2D eigenvalue weighted by molar-refractivity contribution is 6.05. The Morgan fingerprint density at radius 3 is 2.50 bits per heavy atom. The van der Waals surface area contributed by atoms with Crippen molar-refractivity contribution in [3.8, 4) is 6.07 Å². The maximum atomic E-state index is 12.4. The van der Waals surface area contributed by atoms with Gasteiger partial charge in [0, 0.05) is 16.8 Å². The molecule has 0 bridgehead atoms. The first kappa shape index (κ1) is 17.2. The second-order valence-corrected chi connectivity index (χ2v) is 6.09. The van der Waals surface area contributed by atoms with Gasteiger partial charge in [-0.2, -0.15) is 5.26 Å². The summed E-state index contributed by atoms with van der Waals surface area (Å²) in [6, 6.07) is 13.6. The minimum atomic E-state index is -1.29. The number of amides is 1. The Kier molecular flexibility index (Phi) is 4.70. The van der Waals surface area contributed by atoms with Crippen LogP contribution in [0.1, 0.15) is 45.7 Å². The normalized spacial score (nSPS) is 10.8. The van der Waals surface area contributed by atoms with Crippen LogP contribution < -0.4 is 10.4 Å². The molecule has 0 saturated carbocycles. The maximum absolute atomic E-state index is 12.4. The fourth-order valence-electron chi connectivity index (χ4n) is 2.24. The molecule has 0 unspecified atom stereocenters.